The number of carbonyl (C=O) groups excluding carboxylic acids is 1. The molecule has 7 nitrogen and oxygen atoms in total. The van der Waals surface area contributed by atoms with E-state index in [-0.39, 0.29) is 64.7 Å². The number of Topliss-reactive ketones (excluding diaryl/α,β-unsaturated/α-hetero) is 1. The van der Waals surface area contributed by atoms with E-state index >= 15 is 0 Å². The van der Waals surface area contributed by atoms with Crippen molar-refractivity contribution in [2.45, 2.75) is 222 Å². The van der Waals surface area contributed by atoms with Crippen molar-refractivity contribution in [3.63, 3.8) is 0 Å². The standard InChI is InChI=1S/C49H82O7/c1-15-36-30(7)28(5)32(9)43(51-36)54-41-34(11)38(17-3)53-45(42(41)55-44-33(10)29(6)31(8)37(16-2)52-44)56-49-24-20-40-47(14)22-18-21-46(13,35(12)50)39(47)19-23-48(40,26-49)25-27(49)4/h28-34,36-45H,4,15-26H2,1-3,5-14H3/t28?,29?,30?,31-,32+,33?,34?,36+,37?,38+,39+,40-,41?,42+,43?,44-,45?,46-,47+,48+,49-/m0/s1. The second kappa shape index (κ2) is 15.9. The van der Waals surface area contributed by atoms with Gasteiger partial charge in [-0.15, -0.1) is 0 Å². The zero-order valence-electron chi connectivity index (χ0n) is 37.9. The van der Waals surface area contributed by atoms with E-state index in [2.05, 4.69) is 83.1 Å². The molecule has 7 rings (SSSR count). The van der Waals surface area contributed by atoms with Crippen LogP contribution in [0.25, 0.3) is 0 Å². The summed E-state index contributed by atoms with van der Waals surface area (Å²) in [5.74, 6) is 3.74. The molecule has 7 heteroatoms. The Morgan fingerprint density at radius 1 is 0.661 bits per heavy atom. The third-order valence-electron chi connectivity index (χ3n) is 19.0. The highest BCUT2D eigenvalue weighted by molar-refractivity contribution is 5.82. The minimum atomic E-state index is -0.630. The normalized spacial score (nSPS) is 54.7. The smallest absolute Gasteiger partial charge is 0.187 e. The highest BCUT2D eigenvalue weighted by atomic mass is 16.8. The Hall–Kier alpha value is -0.830. The van der Waals surface area contributed by atoms with Gasteiger partial charge in [0, 0.05) is 23.2 Å². The number of ketones is 1. The van der Waals surface area contributed by atoms with E-state index in [0.717, 1.165) is 70.6 Å². The Morgan fingerprint density at radius 3 is 1.73 bits per heavy atom. The molecule has 0 N–H and O–H groups in total. The molecule has 2 bridgehead atoms. The van der Waals surface area contributed by atoms with Crippen molar-refractivity contribution in [2.24, 2.45) is 69.5 Å². The van der Waals surface area contributed by atoms with Crippen molar-refractivity contribution in [3.05, 3.63) is 12.2 Å². The Balaban J connectivity index is 1.21. The highest BCUT2D eigenvalue weighted by Crippen LogP contribution is 2.73. The van der Waals surface area contributed by atoms with Crippen molar-refractivity contribution in [2.75, 3.05) is 0 Å². The monoisotopic (exact) mass is 783 g/mol. The average molecular weight is 783 g/mol. The molecule has 320 valence electrons. The summed E-state index contributed by atoms with van der Waals surface area (Å²) >= 11 is 0. The van der Waals surface area contributed by atoms with Gasteiger partial charge >= 0.3 is 0 Å². The number of rotatable bonds is 10. The molecule has 7 aliphatic rings. The van der Waals surface area contributed by atoms with Gasteiger partial charge in [-0.2, -0.15) is 0 Å². The zero-order valence-corrected chi connectivity index (χ0v) is 37.9. The van der Waals surface area contributed by atoms with Crippen LogP contribution in [0.1, 0.15) is 167 Å². The van der Waals surface area contributed by atoms with E-state index in [1.165, 1.54) is 12.0 Å². The summed E-state index contributed by atoms with van der Waals surface area (Å²) < 4.78 is 43.2. The van der Waals surface area contributed by atoms with Crippen LogP contribution in [0, 0.1) is 69.5 Å². The van der Waals surface area contributed by atoms with E-state index in [9.17, 15) is 4.79 Å². The molecule has 21 atom stereocenters. The molecule has 0 aromatic carbocycles. The number of hydrogen-bond acceptors (Lipinski definition) is 7. The molecule has 0 amide bonds. The lowest BCUT2D eigenvalue weighted by Gasteiger charge is -2.64. The summed E-state index contributed by atoms with van der Waals surface area (Å²) in [5, 5.41) is 0. The number of hydrogen-bond donors (Lipinski definition) is 0. The number of ether oxygens (including phenoxy) is 6. The van der Waals surface area contributed by atoms with Crippen molar-refractivity contribution in [1.82, 2.24) is 0 Å². The topological polar surface area (TPSA) is 72.5 Å². The van der Waals surface area contributed by atoms with Crippen LogP contribution in [0.4, 0.5) is 0 Å². The fourth-order valence-corrected chi connectivity index (χ4v) is 14.6. The first-order valence-corrected chi connectivity index (χ1v) is 23.5. The van der Waals surface area contributed by atoms with Crippen LogP contribution >= 0.6 is 0 Å². The number of fused-ring (bicyclic) bond motifs is 3. The lowest BCUT2D eigenvalue weighted by Crippen LogP contribution is -2.63. The molecule has 7 fully saturated rings. The van der Waals surface area contributed by atoms with Crippen LogP contribution in [-0.4, -0.2) is 60.8 Å². The van der Waals surface area contributed by atoms with Gasteiger partial charge in [-0.25, -0.2) is 0 Å². The first kappa shape index (κ1) is 43.3. The first-order valence-electron chi connectivity index (χ1n) is 23.5. The predicted octanol–water partition coefficient (Wildman–Crippen LogP) is 11.3. The van der Waals surface area contributed by atoms with Gasteiger partial charge in [0.05, 0.1) is 30.0 Å². The molecular weight excluding hydrogens is 701 g/mol. The fourth-order valence-electron chi connectivity index (χ4n) is 14.6. The lowest BCUT2D eigenvalue weighted by molar-refractivity contribution is -0.381. The summed E-state index contributed by atoms with van der Waals surface area (Å²) in [7, 11) is 0. The van der Waals surface area contributed by atoms with Gasteiger partial charge in [0.15, 0.2) is 18.9 Å². The van der Waals surface area contributed by atoms with Gasteiger partial charge in [0.1, 0.15) is 11.9 Å². The van der Waals surface area contributed by atoms with Crippen LogP contribution in [0.15, 0.2) is 12.2 Å². The molecule has 4 aliphatic carbocycles. The average Bonchev–Trinajstić information content (AvgIpc) is 3.36. The third kappa shape index (κ3) is 6.87. The molecule has 1 spiro atoms. The van der Waals surface area contributed by atoms with Gasteiger partial charge in [0.25, 0.3) is 0 Å². The largest absolute Gasteiger partial charge is 0.349 e. The Bertz CT molecular complexity index is 1430. The van der Waals surface area contributed by atoms with Gasteiger partial charge in [0.2, 0.25) is 0 Å². The molecule has 3 saturated heterocycles. The van der Waals surface area contributed by atoms with Crippen molar-refractivity contribution >= 4 is 5.78 Å². The summed E-state index contributed by atoms with van der Waals surface area (Å²) in [5.41, 5.74) is 0.831. The molecule has 56 heavy (non-hydrogen) atoms. The minimum absolute atomic E-state index is 0.0497. The summed E-state index contributed by atoms with van der Waals surface area (Å²) in [6.07, 6.45) is 10.5. The Labute approximate surface area is 341 Å². The molecule has 9 unspecified atom stereocenters. The number of carbonyl (C=O) groups is 1. The van der Waals surface area contributed by atoms with Crippen LogP contribution in [0.3, 0.4) is 0 Å². The highest BCUT2D eigenvalue weighted by Gasteiger charge is 2.68. The molecule has 0 radical (unpaired) electrons. The van der Waals surface area contributed by atoms with E-state index < -0.39 is 24.3 Å². The zero-order chi connectivity index (χ0) is 40.7. The third-order valence-corrected chi connectivity index (χ3v) is 19.0. The minimum Gasteiger partial charge on any atom is -0.349 e. The van der Waals surface area contributed by atoms with Gasteiger partial charge in [-0.3, -0.25) is 4.79 Å². The first-order chi connectivity index (χ1) is 26.4. The van der Waals surface area contributed by atoms with Crippen LogP contribution < -0.4 is 0 Å². The van der Waals surface area contributed by atoms with E-state index in [0.29, 0.717) is 41.3 Å². The maximum absolute atomic E-state index is 13.2. The predicted molar refractivity (Wildman–Crippen MR) is 222 cm³/mol. The summed E-state index contributed by atoms with van der Waals surface area (Å²) in [6.45, 7) is 34.5. The second-order valence-electron chi connectivity index (χ2n) is 21.5. The van der Waals surface area contributed by atoms with Crippen molar-refractivity contribution in [3.8, 4) is 0 Å². The second-order valence-corrected chi connectivity index (χ2v) is 21.5. The van der Waals surface area contributed by atoms with Crippen molar-refractivity contribution in [1.29, 1.82) is 0 Å². The fraction of sp³-hybridized carbons (Fsp3) is 0.939. The quantitative estimate of drug-likeness (QED) is 0.161. The molecule has 4 saturated carbocycles. The Kier molecular flexibility index (Phi) is 12.3. The maximum Gasteiger partial charge on any atom is 0.187 e. The van der Waals surface area contributed by atoms with Gasteiger partial charge in [-0.1, -0.05) is 96.1 Å². The van der Waals surface area contributed by atoms with Crippen LogP contribution in [0.2, 0.25) is 0 Å². The van der Waals surface area contributed by atoms with E-state index in [4.69, 9.17) is 35.0 Å². The van der Waals surface area contributed by atoms with Crippen molar-refractivity contribution < 1.29 is 33.2 Å². The molecule has 3 aliphatic heterocycles. The van der Waals surface area contributed by atoms with Gasteiger partial charge in [-0.05, 0) is 129 Å². The summed E-state index contributed by atoms with van der Waals surface area (Å²) in [6, 6.07) is 0. The molecular formula is C49H82O7. The lowest BCUT2D eigenvalue weighted by atomic mass is 9.40. The molecule has 0 aromatic heterocycles. The molecule has 0 aromatic rings. The van der Waals surface area contributed by atoms with Crippen LogP contribution in [-0.2, 0) is 33.2 Å². The van der Waals surface area contributed by atoms with E-state index in [1.807, 2.05) is 6.92 Å². The van der Waals surface area contributed by atoms with Crippen LogP contribution in [0.5, 0.6) is 0 Å². The molecule has 3 heterocycles. The maximum atomic E-state index is 13.2. The summed E-state index contributed by atoms with van der Waals surface area (Å²) in [4.78, 5) is 13.2. The SMILES string of the molecule is C=C1C[C@@]23CC[C@H]4[C@@](C)(CCC[C@@]4(C)C(C)=O)[C@@H]2CC[C@]1(OC1O[C@H](CC)C(C)C(OC2O[C@H](CC)C(C)C(C)[C@H]2C)[C@H]1O[C@@H]1OC(CC)[C@@H](C)C(C)C1C)C3. The van der Waals surface area contributed by atoms with Gasteiger partial charge < -0.3 is 28.4 Å². The van der Waals surface area contributed by atoms with E-state index in [1.54, 1.807) is 0 Å². The Morgan fingerprint density at radius 2 is 1.18 bits per heavy atom.